The topological polar surface area (TPSA) is 78.4 Å². The molecule has 0 radical (unpaired) electrons. The molecular formula is C26H27ClN2O5. The zero-order valence-corrected chi connectivity index (χ0v) is 20.1. The van der Waals surface area contributed by atoms with Gasteiger partial charge >= 0.3 is 0 Å². The summed E-state index contributed by atoms with van der Waals surface area (Å²) in [7, 11) is 3.06. The fourth-order valence-electron chi connectivity index (χ4n) is 3.05. The van der Waals surface area contributed by atoms with Crippen LogP contribution in [0.2, 0.25) is 5.02 Å². The molecule has 0 heterocycles. The van der Waals surface area contributed by atoms with Crippen molar-refractivity contribution < 1.29 is 23.7 Å². The number of rotatable bonds is 11. The summed E-state index contributed by atoms with van der Waals surface area (Å²) in [6, 6.07) is 18.1. The van der Waals surface area contributed by atoms with E-state index in [1.807, 2.05) is 37.3 Å². The van der Waals surface area contributed by atoms with Crippen LogP contribution in [0.1, 0.15) is 34.8 Å². The predicted octanol–water partition coefficient (Wildman–Crippen LogP) is 5.49. The third-order valence-electron chi connectivity index (χ3n) is 4.74. The number of hydrogen-bond acceptors (Lipinski definition) is 6. The molecule has 0 aliphatic carbocycles. The molecule has 1 N–H and O–H groups in total. The quantitative estimate of drug-likeness (QED) is 0.289. The lowest BCUT2D eigenvalue weighted by molar-refractivity contribution is 0.0954. The molecule has 0 unspecified atom stereocenters. The maximum Gasteiger partial charge on any atom is 0.271 e. The van der Waals surface area contributed by atoms with Crippen LogP contribution in [0.4, 0.5) is 0 Å². The molecule has 8 heteroatoms. The third kappa shape index (κ3) is 6.65. The number of methoxy groups -OCH3 is 2. The first-order valence-corrected chi connectivity index (χ1v) is 11.1. The van der Waals surface area contributed by atoms with Crippen LogP contribution in [0.15, 0.2) is 65.8 Å². The Morgan fingerprint density at radius 2 is 1.74 bits per heavy atom. The van der Waals surface area contributed by atoms with Crippen molar-refractivity contribution in [2.45, 2.75) is 20.0 Å². The van der Waals surface area contributed by atoms with Gasteiger partial charge in [-0.2, -0.15) is 5.10 Å². The second-order valence-corrected chi connectivity index (χ2v) is 7.63. The molecule has 0 bridgehead atoms. The minimum Gasteiger partial charge on any atom is -0.493 e. The fraction of sp³-hybridized carbons (Fsp3) is 0.231. The predicted molar refractivity (Wildman–Crippen MR) is 133 cm³/mol. The molecule has 34 heavy (non-hydrogen) atoms. The molecule has 0 aromatic heterocycles. The first kappa shape index (κ1) is 24.9. The van der Waals surface area contributed by atoms with E-state index in [-0.39, 0.29) is 0 Å². The number of benzene rings is 3. The van der Waals surface area contributed by atoms with Crippen LogP contribution in [0, 0.1) is 0 Å². The van der Waals surface area contributed by atoms with Crippen LogP contribution < -0.4 is 24.4 Å². The largest absolute Gasteiger partial charge is 0.493 e. The van der Waals surface area contributed by atoms with Crippen molar-refractivity contribution in [2.75, 3.05) is 20.8 Å². The molecule has 0 aliphatic rings. The average molecular weight is 483 g/mol. The van der Waals surface area contributed by atoms with E-state index in [2.05, 4.69) is 10.5 Å². The maximum absolute atomic E-state index is 12.5. The summed E-state index contributed by atoms with van der Waals surface area (Å²) in [6.45, 7) is 2.93. The van der Waals surface area contributed by atoms with Gasteiger partial charge in [-0.15, -0.1) is 0 Å². The number of nitrogens with one attached hydrogen (secondary N) is 1. The molecule has 0 fully saturated rings. The summed E-state index contributed by atoms with van der Waals surface area (Å²) in [5, 5.41) is 4.40. The molecule has 3 rings (SSSR count). The molecular weight excluding hydrogens is 456 g/mol. The van der Waals surface area contributed by atoms with Crippen molar-refractivity contribution in [2.24, 2.45) is 5.10 Å². The van der Waals surface area contributed by atoms with Crippen LogP contribution in [0.5, 0.6) is 23.0 Å². The average Bonchev–Trinajstić information content (AvgIpc) is 2.86. The second-order valence-electron chi connectivity index (χ2n) is 7.22. The minimum atomic E-state index is -0.391. The number of carbonyl (C=O) groups is 1. The molecule has 0 saturated carbocycles. The first-order valence-electron chi connectivity index (χ1n) is 10.7. The van der Waals surface area contributed by atoms with Crippen LogP contribution in [-0.4, -0.2) is 32.9 Å². The SMILES string of the molecule is CCCOc1ccc(C(=O)N/N=C/c2cc(Cl)c(OCc3ccccc3)c(OC)c2)cc1OC. The number of carbonyl (C=O) groups excluding carboxylic acids is 1. The number of hydrazone groups is 1. The Labute approximate surface area is 204 Å². The first-order chi connectivity index (χ1) is 16.5. The van der Waals surface area contributed by atoms with Gasteiger partial charge in [0.05, 0.1) is 32.1 Å². The summed E-state index contributed by atoms with van der Waals surface area (Å²) in [6.07, 6.45) is 2.35. The summed E-state index contributed by atoms with van der Waals surface area (Å²) in [5.74, 6) is 1.57. The van der Waals surface area contributed by atoms with Gasteiger partial charge in [0.25, 0.3) is 5.91 Å². The van der Waals surface area contributed by atoms with Gasteiger partial charge in [-0.3, -0.25) is 4.79 Å². The van der Waals surface area contributed by atoms with E-state index in [0.717, 1.165) is 12.0 Å². The lowest BCUT2D eigenvalue weighted by Crippen LogP contribution is -2.17. The molecule has 0 saturated heterocycles. The Balaban J connectivity index is 1.67. The van der Waals surface area contributed by atoms with Crippen LogP contribution in [0.3, 0.4) is 0 Å². The van der Waals surface area contributed by atoms with E-state index in [4.69, 9.17) is 30.5 Å². The van der Waals surface area contributed by atoms with Gasteiger partial charge in [0.15, 0.2) is 23.0 Å². The van der Waals surface area contributed by atoms with Crippen molar-refractivity contribution in [3.63, 3.8) is 0 Å². The van der Waals surface area contributed by atoms with E-state index >= 15 is 0 Å². The van der Waals surface area contributed by atoms with E-state index in [9.17, 15) is 4.79 Å². The number of nitrogens with zero attached hydrogens (tertiary/aromatic N) is 1. The van der Waals surface area contributed by atoms with Gasteiger partial charge < -0.3 is 18.9 Å². The lowest BCUT2D eigenvalue weighted by atomic mass is 10.2. The standard InChI is InChI=1S/C26H27ClN2O5/c1-4-12-33-22-11-10-20(15-23(22)31-2)26(30)29-28-16-19-13-21(27)25(24(14-19)32-3)34-17-18-8-6-5-7-9-18/h5-11,13-16H,4,12,17H2,1-3H3,(H,29,30)/b28-16+. The van der Waals surface area contributed by atoms with E-state index in [1.54, 1.807) is 30.3 Å². The monoisotopic (exact) mass is 482 g/mol. The zero-order chi connectivity index (χ0) is 24.3. The Kier molecular flexibility index (Phi) is 9.17. The van der Waals surface area contributed by atoms with Crippen LogP contribution in [-0.2, 0) is 6.61 Å². The Bertz CT molecular complexity index is 1140. The maximum atomic E-state index is 12.5. The fourth-order valence-corrected chi connectivity index (χ4v) is 3.33. The van der Waals surface area contributed by atoms with Gasteiger partial charge in [-0.1, -0.05) is 48.9 Å². The summed E-state index contributed by atoms with van der Waals surface area (Å²) in [4.78, 5) is 12.5. The minimum absolute atomic E-state index is 0.353. The molecule has 178 valence electrons. The van der Waals surface area contributed by atoms with E-state index in [1.165, 1.54) is 20.4 Å². The van der Waals surface area contributed by atoms with Crippen LogP contribution >= 0.6 is 11.6 Å². The molecule has 0 aliphatic heterocycles. The normalized spacial score (nSPS) is 10.7. The van der Waals surface area contributed by atoms with Crippen LogP contribution in [0.25, 0.3) is 0 Å². The van der Waals surface area contributed by atoms with Gasteiger partial charge in [0.2, 0.25) is 0 Å². The number of halogens is 1. The highest BCUT2D eigenvalue weighted by Crippen LogP contribution is 2.36. The molecule has 0 atom stereocenters. The molecule has 0 spiro atoms. The summed E-state index contributed by atoms with van der Waals surface area (Å²) < 4.78 is 22.2. The van der Waals surface area contributed by atoms with Crippen molar-refractivity contribution in [1.82, 2.24) is 5.43 Å². The highest BCUT2D eigenvalue weighted by atomic mass is 35.5. The smallest absolute Gasteiger partial charge is 0.271 e. The zero-order valence-electron chi connectivity index (χ0n) is 19.3. The van der Waals surface area contributed by atoms with Crippen molar-refractivity contribution in [1.29, 1.82) is 0 Å². The third-order valence-corrected chi connectivity index (χ3v) is 5.03. The molecule has 7 nitrogen and oxygen atoms in total. The van der Waals surface area contributed by atoms with Crippen molar-refractivity contribution >= 4 is 23.7 Å². The van der Waals surface area contributed by atoms with E-state index in [0.29, 0.717) is 52.4 Å². The Morgan fingerprint density at radius 1 is 0.971 bits per heavy atom. The number of ether oxygens (including phenoxy) is 4. The van der Waals surface area contributed by atoms with Gasteiger partial charge in [0.1, 0.15) is 6.61 Å². The summed E-state index contributed by atoms with van der Waals surface area (Å²) in [5.41, 5.74) is 4.53. The van der Waals surface area contributed by atoms with Crippen molar-refractivity contribution in [3.8, 4) is 23.0 Å². The second kappa shape index (κ2) is 12.5. The summed E-state index contributed by atoms with van der Waals surface area (Å²) >= 11 is 6.42. The Hall–Kier alpha value is -3.71. The lowest BCUT2D eigenvalue weighted by Gasteiger charge is -2.13. The highest BCUT2D eigenvalue weighted by molar-refractivity contribution is 6.32. The Morgan fingerprint density at radius 3 is 2.44 bits per heavy atom. The van der Waals surface area contributed by atoms with Crippen molar-refractivity contribution in [3.05, 3.63) is 82.4 Å². The van der Waals surface area contributed by atoms with Gasteiger partial charge in [-0.05, 0) is 47.9 Å². The molecule has 1 amide bonds. The number of hydrogen-bond donors (Lipinski definition) is 1. The molecule has 3 aromatic rings. The van der Waals surface area contributed by atoms with Gasteiger partial charge in [0, 0.05) is 5.56 Å². The van der Waals surface area contributed by atoms with E-state index < -0.39 is 5.91 Å². The highest BCUT2D eigenvalue weighted by Gasteiger charge is 2.13. The van der Waals surface area contributed by atoms with Gasteiger partial charge in [-0.25, -0.2) is 5.43 Å². The number of amides is 1. The molecule has 3 aromatic carbocycles.